The van der Waals surface area contributed by atoms with Crippen LogP contribution in [0.4, 0.5) is 4.39 Å². The molecule has 3 aromatic carbocycles. The molecule has 0 spiro atoms. The molecule has 8 nitrogen and oxygen atoms in total. The number of benzene rings is 3. The number of hydrogen-bond donors (Lipinski definition) is 2. The minimum absolute atomic E-state index is 0.00242. The monoisotopic (exact) mass is 418 g/mol. The minimum Gasteiger partial charge on any atom is -0.287 e. The van der Waals surface area contributed by atoms with Crippen molar-refractivity contribution in [1.82, 2.24) is 19.6 Å². The van der Waals surface area contributed by atoms with E-state index in [9.17, 15) is 23.6 Å². The molecule has 5 aromatic rings. The predicted molar refractivity (Wildman–Crippen MR) is 113 cm³/mol. The van der Waals surface area contributed by atoms with Crippen molar-refractivity contribution in [1.29, 1.82) is 0 Å². The average molecular weight is 418 g/mol. The maximum atomic E-state index is 13.2. The second-order valence-corrected chi connectivity index (χ2v) is 7.26. The first-order valence-corrected chi connectivity index (χ1v) is 9.47. The molecule has 0 saturated carbocycles. The van der Waals surface area contributed by atoms with Crippen LogP contribution >= 0.6 is 0 Å². The number of nitrogens with zero attached hydrogens (tertiary/aromatic N) is 2. The summed E-state index contributed by atoms with van der Waals surface area (Å²) in [4.78, 5) is 52.0. The van der Waals surface area contributed by atoms with Crippen molar-refractivity contribution in [3.63, 3.8) is 0 Å². The second kappa shape index (κ2) is 6.91. The van der Waals surface area contributed by atoms with E-state index in [0.717, 1.165) is 10.1 Å². The molecule has 0 saturated heterocycles. The molecule has 0 atom stereocenters. The van der Waals surface area contributed by atoms with Gasteiger partial charge in [-0.3, -0.25) is 33.5 Å². The Bertz CT molecular complexity index is 1660. The van der Waals surface area contributed by atoms with Crippen molar-refractivity contribution >= 4 is 21.8 Å². The van der Waals surface area contributed by atoms with Crippen LogP contribution in [0, 0.1) is 5.82 Å². The Morgan fingerprint density at radius 1 is 0.742 bits per heavy atom. The number of aromatic nitrogens is 4. The molecule has 0 fully saturated rings. The molecule has 2 aromatic heterocycles. The van der Waals surface area contributed by atoms with E-state index in [1.165, 1.54) is 28.9 Å². The Balaban J connectivity index is 1.74. The zero-order chi connectivity index (χ0) is 21.7. The summed E-state index contributed by atoms with van der Waals surface area (Å²) in [5.41, 5.74) is -1.78. The Hall–Kier alpha value is -4.27. The molecule has 5 rings (SSSR count). The number of rotatable bonds is 4. The Morgan fingerprint density at radius 3 is 2.03 bits per heavy atom. The van der Waals surface area contributed by atoms with E-state index in [-0.39, 0.29) is 24.1 Å². The molecular weight excluding hydrogens is 403 g/mol. The van der Waals surface area contributed by atoms with Crippen LogP contribution in [0.5, 0.6) is 0 Å². The van der Waals surface area contributed by atoms with E-state index in [0.29, 0.717) is 5.56 Å². The summed E-state index contributed by atoms with van der Waals surface area (Å²) in [6.45, 7) is 0.0886. The van der Waals surface area contributed by atoms with Gasteiger partial charge in [0.1, 0.15) is 27.6 Å². The number of hydrogen-bond acceptors (Lipinski definition) is 4. The first kappa shape index (κ1) is 18.7. The summed E-state index contributed by atoms with van der Waals surface area (Å²) >= 11 is 0. The summed E-state index contributed by atoms with van der Waals surface area (Å²) in [7, 11) is 0. The van der Waals surface area contributed by atoms with Crippen molar-refractivity contribution in [2.24, 2.45) is 0 Å². The fourth-order valence-electron chi connectivity index (χ4n) is 3.82. The van der Waals surface area contributed by atoms with Gasteiger partial charge in [-0.25, -0.2) is 9.60 Å². The van der Waals surface area contributed by atoms with E-state index in [1.54, 1.807) is 0 Å². The summed E-state index contributed by atoms with van der Waals surface area (Å²) < 4.78 is 15.4. The van der Waals surface area contributed by atoms with E-state index in [1.807, 2.05) is 30.3 Å². The summed E-state index contributed by atoms with van der Waals surface area (Å²) in [6, 6.07) is 14.5. The SMILES string of the molecule is O=c1c2[nH][nH]n(Cc3ccccc3)c2c(=O)c2c(=O)n(Cc3ccc(F)cc3)c(=O)c12. The van der Waals surface area contributed by atoms with Gasteiger partial charge in [0.25, 0.3) is 11.1 Å². The number of H-pyrrole nitrogens is 2. The van der Waals surface area contributed by atoms with Crippen molar-refractivity contribution in [2.45, 2.75) is 13.1 Å². The van der Waals surface area contributed by atoms with Gasteiger partial charge in [-0.1, -0.05) is 42.5 Å². The molecule has 0 aliphatic heterocycles. The molecule has 154 valence electrons. The molecule has 2 N–H and O–H groups in total. The minimum atomic E-state index is -0.836. The quantitative estimate of drug-likeness (QED) is 0.459. The first-order chi connectivity index (χ1) is 15.0. The topological polar surface area (TPSA) is 110 Å². The molecule has 9 heteroatoms. The Morgan fingerprint density at radius 2 is 1.35 bits per heavy atom. The van der Waals surface area contributed by atoms with Crippen molar-refractivity contribution < 1.29 is 4.39 Å². The predicted octanol–water partition coefficient (Wildman–Crippen LogP) is 1.37. The third-order valence-corrected chi connectivity index (χ3v) is 5.32. The van der Waals surface area contributed by atoms with Crippen LogP contribution in [0.1, 0.15) is 11.1 Å². The standard InChI is InChI=1S/C22H15FN4O4/c23-14-8-6-13(7-9-14)10-26-21(30)15-16(22(26)31)20(29)18-17(19(15)28)24-25-27(18)11-12-4-2-1-3-5-12/h1-9,24-25H,10-11H2. The normalized spacial score (nSPS) is 11.5. The van der Waals surface area contributed by atoms with Crippen LogP contribution in [-0.2, 0) is 13.1 Å². The smallest absolute Gasteiger partial charge is 0.266 e. The lowest BCUT2D eigenvalue weighted by Gasteiger charge is -2.03. The number of halogens is 1. The number of fused-ring (bicyclic) bond motifs is 2. The molecule has 0 amide bonds. The van der Waals surface area contributed by atoms with E-state index < -0.39 is 38.6 Å². The molecule has 0 radical (unpaired) electrons. The maximum Gasteiger partial charge on any atom is 0.266 e. The van der Waals surface area contributed by atoms with E-state index in [4.69, 9.17) is 0 Å². The first-order valence-electron chi connectivity index (χ1n) is 9.47. The lowest BCUT2D eigenvalue weighted by Crippen LogP contribution is -2.27. The van der Waals surface area contributed by atoms with Crippen LogP contribution < -0.4 is 22.0 Å². The Kier molecular flexibility index (Phi) is 4.18. The van der Waals surface area contributed by atoms with Crippen molar-refractivity contribution in [2.75, 3.05) is 0 Å². The fraction of sp³-hybridized carbons (Fsp3) is 0.0909. The second-order valence-electron chi connectivity index (χ2n) is 7.26. The zero-order valence-corrected chi connectivity index (χ0v) is 16.0. The van der Waals surface area contributed by atoms with Gasteiger partial charge in [0.15, 0.2) is 0 Å². The number of aromatic amines is 2. The van der Waals surface area contributed by atoms with Crippen LogP contribution in [-0.4, -0.2) is 19.6 Å². The molecule has 2 heterocycles. The van der Waals surface area contributed by atoms with Crippen LogP contribution in [0.2, 0.25) is 0 Å². The third kappa shape index (κ3) is 2.90. The lowest BCUT2D eigenvalue weighted by atomic mass is 10.1. The van der Waals surface area contributed by atoms with Gasteiger partial charge in [0, 0.05) is 0 Å². The molecular formula is C22H15FN4O4. The lowest BCUT2D eigenvalue weighted by molar-refractivity contribution is 0.626. The van der Waals surface area contributed by atoms with E-state index in [2.05, 4.69) is 10.3 Å². The van der Waals surface area contributed by atoms with Crippen molar-refractivity contribution in [3.8, 4) is 0 Å². The van der Waals surface area contributed by atoms with Crippen LogP contribution in [0.25, 0.3) is 21.8 Å². The average Bonchev–Trinajstić information content (AvgIpc) is 3.29. The number of nitrogens with one attached hydrogen (secondary N) is 2. The van der Waals surface area contributed by atoms with Crippen LogP contribution in [0.15, 0.2) is 73.8 Å². The van der Waals surface area contributed by atoms with Gasteiger partial charge in [0.05, 0.1) is 13.1 Å². The molecule has 31 heavy (non-hydrogen) atoms. The van der Waals surface area contributed by atoms with Gasteiger partial charge < -0.3 is 0 Å². The third-order valence-electron chi connectivity index (χ3n) is 5.32. The summed E-state index contributed by atoms with van der Waals surface area (Å²) in [5.74, 6) is -0.455. The largest absolute Gasteiger partial charge is 0.287 e. The molecule has 0 unspecified atom stereocenters. The highest BCUT2D eigenvalue weighted by Gasteiger charge is 2.24. The van der Waals surface area contributed by atoms with Gasteiger partial charge in [-0.2, -0.15) is 0 Å². The van der Waals surface area contributed by atoms with Gasteiger partial charge >= 0.3 is 0 Å². The fourth-order valence-corrected chi connectivity index (χ4v) is 3.82. The Labute approximate surface area is 172 Å². The van der Waals surface area contributed by atoms with Gasteiger partial charge in [-0.15, -0.1) is 0 Å². The van der Waals surface area contributed by atoms with Crippen LogP contribution in [0.3, 0.4) is 0 Å². The molecule has 0 bridgehead atoms. The summed E-state index contributed by atoms with van der Waals surface area (Å²) in [5, 5.41) is 4.54. The maximum absolute atomic E-state index is 13.2. The highest BCUT2D eigenvalue weighted by Crippen LogP contribution is 2.10. The molecule has 0 aliphatic rings. The highest BCUT2D eigenvalue weighted by molar-refractivity contribution is 5.94. The van der Waals surface area contributed by atoms with E-state index >= 15 is 0 Å². The van der Waals surface area contributed by atoms with Crippen molar-refractivity contribution in [3.05, 3.63) is 113 Å². The van der Waals surface area contributed by atoms with Gasteiger partial charge in [0.2, 0.25) is 10.9 Å². The zero-order valence-electron chi connectivity index (χ0n) is 16.0. The van der Waals surface area contributed by atoms with Gasteiger partial charge in [-0.05, 0) is 23.3 Å². The molecule has 0 aliphatic carbocycles. The summed E-state index contributed by atoms with van der Waals surface area (Å²) in [6.07, 6.45) is 0. The highest BCUT2D eigenvalue weighted by atomic mass is 19.1.